The van der Waals surface area contributed by atoms with E-state index in [1.807, 2.05) is 47.0 Å². The highest BCUT2D eigenvalue weighted by molar-refractivity contribution is 6.05. The lowest BCUT2D eigenvalue weighted by molar-refractivity contribution is -0.122. The molecule has 2 saturated heterocycles. The number of benzene rings is 1. The van der Waals surface area contributed by atoms with E-state index >= 15 is 0 Å². The van der Waals surface area contributed by atoms with Gasteiger partial charge in [0.25, 0.3) is 0 Å². The van der Waals surface area contributed by atoms with Crippen LogP contribution in [0, 0.1) is 5.92 Å². The third kappa shape index (κ3) is 3.77. The van der Waals surface area contributed by atoms with Crippen molar-refractivity contribution >= 4 is 29.1 Å². The summed E-state index contributed by atoms with van der Waals surface area (Å²) in [6.45, 7) is 6.50. The van der Waals surface area contributed by atoms with E-state index in [0.29, 0.717) is 43.5 Å². The van der Waals surface area contributed by atoms with Crippen LogP contribution in [0.15, 0.2) is 48.8 Å². The molecule has 0 atom stereocenters. The number of rotatable bonds is 6. The van der Waals surface area contributed by atoms with Gasteiger partial charge in [0.15, 0.2) is 5.82 Å². The van der Waals surface area contributed by atoms with E-state index in [1.54, 1.807) is 16.1 Å². The Balaban J connectivity index is 1.31. The van der Waals surface area contributed by atoms with Gasteiger partial charge in [-0.1, -0.05) is 6.07 Å². The third-order valence-electron chi connectivity index (χ3n) is 6.19. The van der Waals surface area contributed by atoms with Crippen molar-refractivity contribution in [1.82, 2.24) is 19.7 Å². The molecule has 3 amide bonds. The maximum Gasteiger partial charge on any atom is 0.330 e. The average Bonchev–Trinajstić information content (AvgIpc) is 3.40. The van der Waals surface area contributed by atoms with Crippen LogP contribution in [0.1, 0.15) is 19.9 Å². The van der Waals surface area contributed by atoms with Crippen LogP contribution in [0.25, 0.3) is 11.5 Å². The van der Waals surface area contributed by atoms with E-state index in [0.717, 1.165) is 11.4 Å². The van der Waals surface area contributed by atoms with E-state index in [-0.39, 0.29) is 23.9 Å². The first-order chi connectivity index (χ1) is 15.9. The van der Waals surface area contributed by atoms with Gasteiger partial charge in [0.2, 0.25) is 5.91 Å². The number of pyridine rings is 1. The molecule has 3 aromatic rings. The fraction of sp³-hybridized carbons (Fsp3) is 0.348. The molecule has 2 aliphatic heterocycles. The van der Waals surface area contributed by atoms with E-state index in [2.05, 4.69) is 28.9 Å². The van der Waals surface area contributed by atoms with Gasteiger partial charge in [0.1, 0.15) is 17.8 Å². The number of carbonyl (C=O) groups excluding carboxylic acids is 2. The minimum Gasteiger partial charge on any atom is -0.370 e. The van der Waals surface area contributed by atoms with Crippen LogP contribution in [0.3, 0.4) is 0 Å². The predicted octanol–water partition coefficient (Wildman–Crippen LogP) is 2.29. The Bertz CT molecular complexity index is 1180. The topological polar surface area (TPSA) is 113 Å². The number of aromatic nitrogens is 4. The van der Waals surface area contributed by atoms with Crippen LogP contribution in [0.5, 0.6) is 0 Å². The second-order valence-electron chi connectivity index (χ2n) is 8.64. The number of urea groups is 1. The summed E-state index contributed by atoms with van der Waals surface area (Å²) in [4.78, 5) is 34.7. The van der Waals surface area contributed by atoms with Crippen molar-refractivity contribution in [3.63, 3.8) is 0 Å². The molecular formula is C23H26N8O2. The molecule has 33 heavy (non-hydrogen) atoms. The molecule has 0 radical (unpaired) electrons. The van der Waals surface area contributed by atoms with Crippen LogP contribution < -0.4 is 20.4 Å². The van der Waals surface area contributed by atoms with Crippen molar-refractivity contribution in [2.24, 2.45) is 11.7 Å². The van der Waals surface area contributed by atoms with Gasteiger partial charge in [0, 0.05) is 43.6 Å². The van der Waals surface area contributed by atoms with E-state index in [1.165, 1.54) is 0 Å². The van der Waals surface area contributed by atoms with Crippen LogP contribution in [0.2, 0.25) is 0 Å². The van der Waals surface area contributed by atoms with Crippen molar-refractivity contribution in [1.29, 1.82) is 0 Å². The molecular weight excluding hydrogens is 420 g/mol. The molecule has 0 spiro atoms. The number of nitrogens with two attached hydrogens (primary N) is 1. The minimum absolute atomic E-state index is 0.0870. The second kappa shape index (κ2) is 8.19. The molecule has 0 saturated carbocycles. The quantitative estimate of drug-likeness (QED) is 0.622. The maximum atomic E-state index is 13.2. The van der Waals surface area contributed by atoms with Gasteiger partial charge >= 0.3 is 6.03 Å². The summed E-state index contributed by atoms with van der Waals surface area (Å²) in [6.07, 6.45) is 1.69. The van der Waals surface area contributed by atoms with Crippen LogP contribution in [0.4, 0.5) is 22.0 Å². The molecule has 0 bridgehead atoms. The summed E-state index contributed by atoms with van der Waals surface area (Å²) >= 11 is 0. The van der Waals surface area contributed by atoms with Gasteiger partial charge in [-0.2, -0.15) is 0 Å². The van der Waals surface area contributed by atoms with Crippen molar-refractivity contribution < 1.29 is 9.59 Å². The summed E-state index contributed by atoms with van der Waals surface area (Å²) in [7, 11) is 0. The van der Waals surface area contributed by atoms with Crippen molar-refractivity contribution in [3.05, 3.63) is 48.8 Å². The number of hydrogen-bond donors (Lipinski definition) is 1. The first-order valence-corrected chi connectivity index (χ1v) is 11.0. The van der Waals surface area contributed by atoms with Crippen LogP contribution >= 0.6 is 0 Å². The van der Waals surface area contributed by atoms with Gasteiger partial charge in [-0.15, -0.1) is 10.2 Å². The molecule has 0 aliphatic carbocycles. The van der Waals surface area contributed by atoms with Gasteiger partial charge < -0.3 is 15.2 Å². The first-order valence-electron chi connectivity index (χ1n) is 11.0. The molecule has 170 valence electrons. The number of primary amides is 1. The summed E-state index contributed by atoms with van der Waals surface area (Å²) < 4.78 is 1.95. The zero-order valence-corrected chi connectivity index (χ0v) is 18.6. The number of anilines is 3. The smallest absolute Gasteiger partial charge is 0.330 e. The first kappa shape index (κ1) is 20.9. The standard InChI is InChI=1S/C23H26N8O2/c1-15(2)31-14-25-27-22(31)19-4-3-5-20(26-19)30-11-10-29(23(30)33)18-8-6-17(7-9-18)28-12-16(13-28)21(24)32/h3-9,14-16H,10-13H2,1-2H3,(H2,24,32). The fourth-order valence-corrected chi connectivity index (χ4v) is 4.20. The zero-order valence-electron chi connectivity index (χ0n) is 18.6. The lowest BCUT2D eigenvalue weighted by atomic mass is 9.98. The summed E-state index contributed by atoms with van der Waals surface area (Å²) in [5, 5.41) is 8.23. The Morgan fingerprint density at radius 3 is 2.42 bits per heavy atom. The van der Waals surface area contributed by atoms with Gasteiger partial charge in [-0.25, -0.2) is 9.78 Å². The lowest BCUT2D eigenvalue weighted by Gasteiger charge is -2.39. The highest BCUT2D eigenvalue weighted by atomic mass is 16.2. The van der Waals surface area contributed by atoms with E-state index in [9.17, 15) is 9.59 Å². The molecule has 10 heteroatoms. The van der Waals surface area contributed by atoms with Gasteiger partial charge in [-0.3, -0.25) is 14.6 Å². The summed E-state index contributed by atoms with van der Waals surface area (Å²) in [5.41, 5.74) is 7.87. The Morgan fingerprint density at radius 2 is 1.73 bits per heavy atom. The lowest BCUT2D eigenvalue weighted by Crippen LogP contribution is -2.52. The molecule has 2 aliphatic rings. The number of hydrogen-bond acceptors (Lipinski definition) is 6. The molecule has 1 aromatic carbocycles. The molecule has 5 rings (SSSR count). The second-order valence-corrected chi connectivity index (χ2v) is 8.64. The highest BCUT2D eigenvalue weighted by Crippen LogP contribution is 2.30. The largest absolute Gasteiger partial charge is 0.370 e. The number of nitrogens with zero attached hydrogens (tertiary/aromatic N) is 7. The predicted molar refractivity (Wildman–Crippen MR) is 125 cm³/mol. The van der Waals surface area contributed by atoms with Crippen LogP contribution in [-0.4, -0.2) is 57.9 Å². The van der Waals surface area contributed by atoms with Gasteiger partial charge in [0.05, 0.1) is 5.92 Å². The van der Waals surface area contributed by atoms with Crippen molar-refractivity contribution in [3.8, 4) is 11.5 Å². The van der Waals surface area contributed by atoms with E-state index in [4.69, 9.17) is 10.7 Å². The normalized spacial score (nSPS) is 16.6. The molecule has 10 nitrogen and oxygen atoms in total. The third-order valence-corrected chi connectivity index (χ3v) is 6.19. The Labute approximate surface area is 191 Å². The van der Waals surface area contributed by atoms with Crippen molar-refractivity contribution in [2.45, 2.75) is 19.9 Å². The number of amides is 3. The Morgan fingerprint density at radius 1 is 1.03 bits per heavy atom. The number of carbonyl (C=O) groups is 2. The Kier molecular flexibility index (Phi) is 5.20. The van der Waals surface area contributed by atoms with Crippen LogP contribution in [-0.2, 0) is 4.79 Å². The molecule has 2 aromatic heterocycles. The molecule has 2 fully saturated rings. The maximum absolute atomic E-state index is 13.2. The van der Waals surface area contributed by atoms with E-state index < -0.39 is 0 Å². The average molecular weight is 447 g/mol. The summed E-state index contributed by atoms with van der Waals surface area (Å²) in [5.74, 6) is 0.923. The minimum atomic E-state index is -0.257. The van der Waals surface area contributed by atoms with Crippen molar-refractivity contribution in [2.75, 3.05) is 40.9 Å². The molecule has 2 N–H and O–H groups in total. The zero-order chi connectivity index (χ0) is 23.1. The fourth-order valence-electron chi connectivity index (χ4n) is 4.20. The molecule has 0 unspecified atom stereocenters. The Hall–Kier alpha value is -3.95. The van der Waals surface area contributed by atoms with Gasteiger partial charge in [-0.05, 0) is 50.2 Å². The summed E-state index contributed by atoms with van der Waals surface area (Å²) in [6, 6.07) is 13.5. The molecule has 4 heterocycles. The monoisotopic (exact) mass is 446 g/mol. The SMILES string of the molecule is CC(C)n1cnnc1-c1cccc(N2CCN(c3ccc(N4CC(C(N)=O)C4)cc3)C2=O)n1. The highest BCUT2D eigenvalue weighted by Gasteiger charge is 2.33.